The number of rotatable bonds is 2. The molecule has 1 heterocycles. The highest BCUT2D eigenvalue weighted by Gasteiger charge is 2.76. The first kappa shape index (κ1) is 14.1. The normalized spacial score (nSPS) is 32.9. The lowest BCUT2D eigenvalue weighted by molar-refractivity contribution is -0.176. The molecule has 2 atom stereocenters. The molecule has 21 heavy (non-hydrogen) atoms. The fourth-order valence-corrected chi connectivity index (χ4v) is 3.50. The maximum Gasteiger partial charge on any atom is 0.356 e. The van der Waals surface area contributed by atoms with Crippen molar-refractivity contribution in [3.05, 3.63) is 29.8 Å². The van der Waals surface area contributed by atoms with Gasteiger partial charge in [0.2, 0.25) is 5.60 Å². The first-order chi connectivity index (χ1) is 9.73. The van der Waals surface area contributed by atoms with E-state index in [2.05, 4.69) is 0 Å². The summed E-state index contributed by atoms with van der Waals surface area (Å²) in [4.78, 5) is 24.8. The minimum absolute atomic E-state index is 0.292. The lowest BCUT2D eigenvalue weighted by Crippen LogP contribution is -2.50. The summed E-state index contributed by atoms with van der Waals surface area (Å²) in [5.41, 5.74) is -1.25. The van der Waals surface area contributed by atoms with Crippen molar-refractivity contribution >= 4 is 11.9 Å². The van der Waals surface area contributed by atoms with Crippen LogP contribution in [0.25, 0.3) is 0 Å². The van der Waals surface area contributed by atoms with Gasteiger partial charge in [0.25, 0.3) is 0 Å². The summed E-state index contributed by atoms with van der Waals surface area (Å²) >= 11 is 0. The summed E-state index contributed by atoms with van der Waals surface area (Å²) in [7, 11) is 0. The van der Waals surface area contributed by atoms with Crippen LogP contribution in [0.3, 0.4) is 0 Å². The standard InChI is InChI=1S/C17H20O4/c1-11-5-7-12(8-6-11)20-14(19)17-10-9-16(4,13(18)21-17)15(17,2)3/h5-8H,9-10H2,1-4H3. The number of aryl methyl sites for hydroxylation is 1. The number of carbonyl (C=O) groups excluding carboxylic acids is 2. The smallest absolute Gasteiger partial charge is 0.356 e. The van der Waals surface area contributed by atoms with E-state index in [4.69, 9.17) is 9.47 Å². The third kappa shape index (κ3) is 1.62. The molecule has 0 radical (unpaired) electrons. The number of hydrogen-bond acceptors (Lipinski definition) is 4. The molecule has 0 N–H and O–H groups in total. The fraction of sp³-hybridized carbons (Fsp3) is 0.529. The van der Waals surface area contributed by atoms with E-state index in [-0.39, 0.29) is 5.97 Å². The molecule has 1 aromatic rings. The lowest BCUT2D eigenvalue weighted by atomic mass is 9.66. The van der Waals surface area contributed by atoms with E-state index < -0.39 is 22.4 Å². The van der Waals surface area contributed by atoms with Gasteiger partial charge in [-0.05, 0) is 38.8 Å². The Labute approximate surface area is 124 Å². The molecule has 1 saturated carbocycles. The van der Waals surface area contributed by atoms with Gasteiger partial charge in [0.05, 0.1) is 5.41 Å². The molecule has 1 aromatic carbocycles. The fourth-order valence-electron chi connectivity index (χ4n) is 3.50. The molecular weight excluding hydrogens is 268 g/mol. The van der Waals surface area contributed by atoms with Crippen LogP contribution < -0.4 is 4.74 Å². The van der Waals surface area contributed by atoms with Crippen molar-refractivity contribution in [3.8, 4) is 5.75 Å². The van der Waals surface area contributed by atoms with Crippen molar-refractivity contribution in [3.63, 3.8) is 0 Å². The van der Waals surface area contributed by atoms with Crippen molar-refractivity contribution in [1.82, 2.24) is 0 Å². The molecule has 2 unspecified atom stereocenters. The van der Waals surface area contributed by atoms with Crippen molar-refractivity contribution in [1.29, 1.82) is 0 Å². The number of carbonyl (C=O) groups is 2. The third-order valence-corrected chi connectivity index (χ3v) is 5.64. The van der Waals surface area contributed by atoms with Crippen molar-refractivity contribution in [2.75, 3.05) is 0 Å². The predicted molar refractivity (Wildman–Crippen MR) is 76.8 cm³/mol. The first-order valence-corrected chi connectivity index (χ1v) is 7.25. The molecule has 0 spiro atoms. The van der Waals surface area contributed by atoms with Crippen LogP contribution >= 0.6 is 0 Å². The second kappa shape index (κ2) is 4.09. The Hall–Kier alpha value is -1.84. The highest BCUT2D eigenvalue weighted by molar-refractivity contribution is 5.94. The van der Waals surface area contributed by atoms with E-state index in [1.807, 2.05) is 39.8 Å². The lowest BCUT2D eigenvalue weighted by Gasteiger charge is -2.34. The zero-order chi connectivity index (χ0) is 15.5. The van der Waals surface area contributed by atoms with Crippen molar-refractivity contribution in [2.45, 2.75) is 46.1 Å². The molecule has 0 amide bonds. The maximum atomic E-state index is 12.7. The Morgan fingerprint density at radius 1 is 1.14 bits per heavy atom. The molecule has 2 aliphatic rings. The van der Waals surface area contributed by atoms with Crippen LogP contribution in [0.5, 0.6) is 5.75 Å². The predicted octanol–water partition coefficient (Wildman–Crippen LogP) is 3.02. The molecule has 1 aliphatic carbocycles. The molecule has 0 aromatic heterocycles. The largest absolute Gasteiger partial charge is 0.446 e. The highest BCUT2D eigenvalue weighted by atomic mass is 16.6. The summed E-state index contributed by atoms with van der Waals surface area (Å²) in [5, 5.41) is 0. The molecule has 3 rings (SSSR count). The maximum absolute atomic E-state index is 12.7. The first-order valence-electron chi connectivity index (χ1n) is 7.25. The Kier molecular flexibility index (Phi) is 2.75. The molecule has 2 fully saturated rings. The van der Waals surface area contributed by atoms with Gasteiger partial charge in [0, 0.05) is 5.41 Å². The van der Waals surface area contributed by atoms with Gasteiger partial charge in [-0.25, -0.2) is 4.79 Å². The van der Waals surface area contributed by atoms with Gasteiger partial charge in [-0.3, -0.25) is 4.79 Å². The second-order valence-electron chi connectivity index (χ2n) is 6.88. The van der Waals surface area contributed by atoms with Crippen LogP contribution in [0, 0.1) is 17.8 Å². The zero-order valence-corrected chi connectivity index (χ0v) is 12.9. The Bertz CT molecular complexity index is 616. The average Bonchev–Trinajstić information content (AvgIpc) is 2.72. The molecular formula is C17H20O4. The van der Waals surface area contributed by atoms with Gasteiger partial charge in [-0.1, -0.05) is 31.5 Å². The Balaban J connectivity index is 1.91. The second-order valence-corrected chi connectivity index (χ2v) is 6.88. The van der Waals surface area contributed by atoms with Crippen LogP contribution in [0.2, 0.25) is 0 Å². The molecule has 1 saturated heterocycles. The molecule has 4 heteroatoms. The number of fused-ring (bicyclic) bond motifs is 2. The summed E-state index contributed by atoms with van der Waals surface area (Å²) in [6, 6.07) is 7.26. The minimum atomic E-state index is -1.16. The highest BCUT2D eigenvalue weighted by Crippen LogP contribution is 2.65. The molecule has 1 aliphatic heterocycles. The van der Waals surface area contributed by atoms with E-state index in [9.17, 15) is 9.59 Å². The summed E-state index contributed by atoms with van der Waals surface area (Å²) < 4.78 is 11.0. The van der Waals surface area contributed by atoms with E-state index in [1.165, 1.54) is 0 Å². The van der Waals surface area contributed by atoms with Gasteiger partial charge >= 0.3 is 11.9 Å². The number of benzene rings is 1. The topological polar surface area (TPSA) is 52.6 Å². The van der Waals surface area contributed by atoms with Crippen LogP contribution in [-0.4, -0.2) is 17.5 Å². The van der Waals surface area contributed by atoms with Gasteiger partial charge < -0.3 is 9.47 Å². The number of esters is 2. The van der Waals surface area contributed by atoms with E-state index >= 15 is 0 Å². The minimum Gasteiger partial charge on any atom is -0.446 e. The molecule has 112 valence electrons. The van der Waals surface area contributed by atoms with Crippen LogP contribution in [0.4, 0.5) is 0 Å². The zero-order valence-electron chi connectivity index (χ0n) is 12.9. The third-order valence-electron chi connectivity index (χ3n) is 5.64. The van der Waals surface area contributed by atoms with Crippen molar-refractivity contribution in [2.24, 2.45) is 10.8 Å². The van der Waals surface area contributed by atoms with Crippen LogP contribution in [-0.2, 0) is 14.3 Å². The summed E-state index contributed by atoms with van der Waals surface area (Å²) in [6.07, 6.45) is 1.18. The quantitative estimate of drug-likeness (QED) is 0.620. The van der Waals surface area contributed by atoms with E-state index in [0.29, 0.717) is 18.6 Å². The van der Waals surface area contributed by atoms with Gasteiger partial charge in [0.1, 0.15) is 5.75 Å². The summed E-state index contributed by atoms with van der Waals surface area (Å²) in [6.45, 7) is 7.68. The van der Waals surface area contributed by atoms with E-state index in [1.54, 1.807) is 12.1 Å². The Morgan fingerprint density at radius 3 is 2.24 bits per heavy atom. The monoisotopic (exact) mass is 288 g/mol. The SMILES string of the molecule is Cc1ccc(OC(=O)C23CCC(C)(C(=O)O2)C3(C)C)cc1. The molecule has 4 nitrogen and oxygen atoms in total. The molecule has 2 bridgehead atoms. The van der Waals surface area contributed by atoms with Gasteiger partial charge in [0.15, 0.2) is 0 Å². The van der Waals surface area contributed by atoms with Gasteiger partial charge in [-0.2, -0.15) is 0 Å². The Morgan fingerprint density at radius 2 is 1.76 bits per heavy atom. The number of hydrogen-bond donors (Lipinski definition) is 0. The van der Waals surface area contributed by atoms with E-state index in [0.717, 1.165) is 5.56 Å². The van der Waals surface area contributed by atoms with Crippen LogP contribution in [0.15, 0.2) is 24.3 Å². The van der Waals surface area contributed by atoms with Crippen LogP contribution in [0.1, 0.15) is 39.2 Å². The van der Waals surface area contributed by atoms with Crippen molar-refractivity contribution < 1.29 is 19.1 Å². The summed E-state index contributed by atoms with van der Waals surface area (Å²) in [5.74, 6) is -0.280. The average molecular weight is 288 g/mol. The van der Waals surface area contributed by atoms with Gasteiger partial charge in [-0.15, -0.1) is 0 Å². The number of ether oxygens (including phenoxy) is 2.